The van der Waals surface area contributed by atoms with Crippen molar-refractivity contribution in [1.82, 2.24) is 10.3 Å². The maximum absolute atomic E-state index is 12.7. The molecule has 1 aromatic heterocycles. The van der Waals surface area contributed by atoms with E-state index in [0.29, 0.717) is 6.54 Å². The van der Waals surface area contributed by atoms with Gasteiger partial charge in [0.25, 0.3) is 0 Å². The van der Waals surface area contributed by atoms with Crippen LogP contribution in [-0.2, 0) is 13.0 Å². The van der Waals surface area contributed by atoms with Crippen LogP contribution in [-0.4, -0.2) is 38.8 Å². The SMILES string of the molecule is COc1ccc2c(c1)CCCN2C(=O)NCc1ccnc(N(C)C)c1. The van der Waals surface area contributed by atoms with Gasteiger partial charge in [-0.1, -0.05) is 0 Å². The van der Waals surface area contributed by atoms with Gasteiger partial charge in [-0.05, 0) is 54.3 Å². The van der Waals surface area contributed by atoms with E-state index in [1.807, 2.05) is 54.2 Å². The first-order valence-corrected chi connectivity index (χ1v) is 8.43. The summed E-state index contributed by atoms with van der Waals surface area (Å²) in [4.78, 5) is 20.7. The van der Waals surface area contributed by atoms with Crippen molar-refractivity contribution in [3.63, 3.8) is 0 Å². The number of methoxy groups -OCH3 is 1. The van der Waals surface area contributed by atoms with E-state index in [2.05, 4.69) is 10.3 Å². The van der Waals surface area contributed by atoms with Gasteiger partial charge in [-0.3, -0.25) is 4.90 Å². The Morgan fingerprint density at radius 1 is 1.32 bits per heavy atom. The van der Waals surface area contributed by atoms with Gasteiger partial charge >= 0.3 is 6.03 Å². The monoisotopic (exact) mass is 340 g/mol. The van der Waals surface area contributed by atoms with Crippen LogP contribution in [0.25, 0.3) is 0 Å². The summed E-state index contributed by atoms with van der Waals surface area (Å²) in [7, 11) is 5.55. The Morgan fingerprint density at radius 3 is 2.92 bits per heavy atom. The van der Waals surface area contributed by atoms with Crippen molar-refractivity contribution < 1.29 is 9.53 Å². The summed E-state index contributed by atoms with van der Waals surface area (Å²) in [6.07, 6.45) is 3.68. The first kappa shape index (κ1) is 17.1. The fourth-order valence-corrected chi connectivity index (χ4v) is 3.00. The molecule has 0 radical (unpaired) electrons. The third-order valence-electron chi connectivity index (χ3n) is 4.36. The number of carbonyl (C=O) groups excluding carboxylic acids is 1. The lowest BCUT2D eigenvalue weighted by atomic mass is 10.0. The van der Waals surface area contributed by atoms with Crippen LogP contribution in [0.4, 0.5) is 16.3 Å². The number of aryl methyl sites for hydroxylation is 1. The third kappa shape index (κ3) is 3.84. The van der Waals surface area contributed by atoms with Crippen LogP contribution in [0.5, 0.6) is 5.75 Å². The number of aromatic nitrogens is 1. The summed E-state index contributed by atoms with van der Waals surface area (Å²) in [6.45, 7) is 1.20. The molecular formula is C19H24N4O2. The van der Waals surface area contributed by atoms with E-state index in [1.165, 1.54) is 0 Å². The van der Waals surface area contributed by atoms with Crippen molar-refractivity contribution in [3.8, 4) is 5.75 Å². The highest BCUT2D eigenvalue weighted by atomic mass is 16.5. The minimum atomic E-state index is -0.0747. The largest absolute Gasteiger partial charge is 0.497 e. The van der Waals surface area contributed by atoms with Crippen molar-refractivity contribution in [2.75, 3.05) is 37.5 Å². The molecule has 1 aromatic carbocycles. The molecule has 1 aliphatic heterocycles. The first-order chi connectivity index (χ1) is 12.1. The standard InChI is InChI=1S/C19H24N4O2/c1-22(2)18-11-14(8-9-20-18)13-21-19(24)23-10-4-5-15-12-16(25-3)6-7-17(15)23/h6-9,11-12H,4-5,10,13H2,1-3H3,(H,21,24). The topological polar surface area (TPSA) is 57.7 Å². The van der Waals surface area contributed by atoms with E-state index in [1.54, 1.807) is 13.3 Å². The lowest BCUT2D eigenvalue weighted by molar-refractivity contribution is 0.245. The zero-order valence-corrected chi connectivity index (χ0v) is 15.0. The summed E-state index contributed by atoms with van der Waals surface area (Å²) in [5.41, 5.74) is 3.15. The number of amides is 2. The zero-order chi connectivity index (χ0) is 17.8. The minimum absolute atomic E-state index is 0.0747. The van der Waals surface area contributed by atoms with Gasteiger partial charge in [0.1, 0.15) is 11.6 Å². The molecule has 2 amide bonds. The van der Waals surface area contributed by atoms with E-state index in [-0.39, 0.29) is 6.03 Å². The molecule has 0 aliphatic carbocycles. The number of nitrogens with zero attached hydrogens (tertiary/aromatic N) is 3. The van der Waals surface area contributed by atoms with E-state index in [9.17, 15) is 4.79 Å². The molecule has 2 aromatic rings. The molecule has 3 rings (SSSR count). The Morgan fingerprint density at radius 2 is 2.16 bits per heavy atom. The van der Waals surface area contributed by atoms with Crippen LogP contribution in [0.2, 0.25) is 0 Å². The molecular weight excluding hydrogens is 316 g/mol. The van der Waals surface area contributed by atoms with Gasteiger partial charge in [0, 0.05) is 39.1 Å². The van der Waals surface area contributed by atoms with Crippen LogP contribution in [0.3, 0.4) is 0 Å². The van der Waals surface area contributed by atoms with E-state index in [0.717, 1.165) is 47.8 Å². The molecule has 6 nitrogen and oxygen atoms in total. The van der Waals surface area contributed by atoms with Crippen molar-refractivity contribution in [2.45, 2.75) is 19.4 Å². The Kier molecular flexibility index (Phi) is 5.07. The number of rotatable bonds is 4. The van der Waals surface area contributed by atoms with Gasteiger partial charge in [0.05, 0.1) is 7.11 Å². The van der Waals surface area contributed by atoms with Crippen molar-refractivity contribution >= 4 is 17.5 Å². The lowest BCUT2D eigenvalue weighted by Gasteiger charge is -2.30. The smallest absolute Gasteiger partial charge is 0.322 e. The predicted molar refractivity (Wildman–Crippen MR) is 99.5 cm³/mol. The number of hydrogen-bond acceptors (Lipinski definition) is 4. The number of benzene rings is 1. The number of nitrogens with one attached hydrogen (secondary N) is 1. The van der Waals surface area contributed by atoms with Crippen molar-refractivity contribution in [1.29, 1.82) is 0 Å². The highest BCUT2D eigenvalue weighted by Gasteiger charge is 2.22. The molecule has 0 saturated heterocycles. The molecule has 0 bridgehead atoms. The van der Waals surface area contributed by atoms with Gasteiger partial charge in [-0.15, -0.1) is 0 Å². The molecule has 25 heavy (non-hydrogen) atoms. The molecule has 1 N–H and O–H groups in total. The molecule has 1 aliphatic rings. The van der Waals surface area contributed by atoms with Crippen LogP contribution >= 0.6 is 0 Å². The molecule has 0 fully saturated rings. The summed E-state index contributed by atoms with van der Waals surface area (Å²) >= 11 is 0. The zero-order valence-electron chi connectivity index (χ0n) is 15.0. The van der Waals surface area contributed by atoms with E-state index >= 15 is 0 Å². The van der Waals surface area contributed by atoms with Gasteiger partial charge in [-0.25, -0.2) is 9.78 Å². The molecule has 0 atom stereocenters. The van der Waals surface area contributed by atoms with Crippen LogP contribution in [0, 0.1) is 0 Å². The maximum Gasteiger partial charge on any atom is 0.322 e. The van der Waals surface area contributed by atoms with Crippen LogP contribution in [0.1, 0.15) is 17.5 Å². The fourth-order valence-electron chi connectivity index (χ4n) is 3.00. The Bertz CT molecular complexity index is 761. The summed E-state index contributed by atoms with van der Waals surface area (Å²) in [6, 6.07) is 9.70. The molecule has 0 saturated carbocycles. The first-order valence-electron chi connectivity index (χ1n) is 8.43. The van der Waals surface area contributed by atoms with Crippen LogP contribution in [0.15, 0.2) is 36.5 Å². The van der Waals surface area contributed by atoms with E-state index < -0.39 is 0 Å². The Hall–Kier alpha value is -2.76. The molecule has 0 spiro atoms. The number of ether oxygens (including phenoxy) is 1. The van der Waals surface area contributed by atoms with Gasteiger partial charge < -0.3 is 15.0 Å². The lowest BCUT2D eigenvalue weighted by Crippen LogP contribution is -2.42. The predicted octanol–water partition coefficient (Wildman–Crippen LogP) is 2.82. The summed E-state index contributed by atoms with van der Waals surface area (Å²) in [5.74, 6) is 1.70. The number of pyridine rings is 1. The molecule has 0 unspecified atom stereocenters. The third-order valence-corrected chi connectivity index (χ3v) is 4.36. The maximum atomic E-state index is 12.7. The highest BCUT2D eigenvalue weighted by molar-refractivity contribution is 5.93. The number of urea groups is 1. The van der Waals surface area contributed by atoms with Crippen LogP contribution < -0.4 is 19.9 Å². The number of fused-ring (bicyclic) bond motifs is 1. The second kappa shape index (κ2) is 7.42. The highest BCUT2D eigenvalue weighted by Crippen LogP contribution is 2.30. The number of carbonyl (C=O) groups is 1. The van der Waals surface area contributed by atoms with Crippen molar-refractivity contribution in [3.05, 3.63) is 47.7 Å². The minimum Gasteiger partial charge on any atom is -0.497 e. The summed E-state index contributed by atoms with van der Waals surface area (Å²) < 4.78 is 5.28. The average molecular weight is 340 g/mol. The van der Waals surface area contributed by atoms with Gasteiger partial charge in [-0.2, -0.15) is 0 Å². The average Bonchev–Trinajstić information content (AvgIpc) is 2.65. The molecule has 132 valence electrons. The number of anilines is 2. The normalized spacial score (nSPS) is 13.2. The molecule has 2 heterocycles. The Balaban J connectivity index is 1.69. The fraction of sp³-hybridized carbons (Fsp3) is 0.368. The van der Waals surface area contributed by atoms with Gasteiger partial charge in [0.15, 0.2) is 0 Å². The quantitative estimate of drug-likeness (QED) is 0.930. The second-order valence-corrected chi connectivity index (χ2v) is 6.33. The Labute approximate surface area is 148 Å². The number of hydrogen-bond donors (Lipinski definition) is 1. The van der Waals surface area contributed by atoms with E-state index in [4.69, 9.17) is 4.74 Å². The summed E-state index contributed by atoms with van der Waals surface area (Å²) in [5, 5.41) is 3.01. The van der Waals surface area contributed by atoms with Crippen molar-refractivity contribution in [2.24, 2.45) is 0 Å². The van der Waals surface area contributed by atoms with Gasteiger partial charge in [0.2, 0.25) is 0 Å². The second-order valence-electron chi connectivity index (χ2n) is 6.33. The molecule has 6 heteroatoms.